The van der Waals surface area contributed by atoms with E-state index >= 15 is 0 Å². The number of hydrogen-bond acceptors (Lipinski definition) is 4. The normalized spacial score (nSPS) is 16.7. The van der Waals surface area contributed by atoms with Crippen molar-refractivity contribution in [2.75, 3.05) is 5.32 Å². The van der Waals surface area contributed by atoms with Crippen LogP contribution < -0.4 is 5.32 Å². The summed E-state index contributed by atoms with van der Waals surface area (Å²) in [5, 5.41) is 17.1. The Kier molecular flexibility index (Phi) is 3.54. The van der Waals surface area contributed by atoms with E-state index in [0.717, 1.165) is 16.9 Å². The molecule has 0 aliphatic carbocycles. The zero-order valence-corrected chi connectivity index (χ0v) is 13.3. The smallest absolute Gasteiger partial charge is 0.226 e. The molecule has 3 heterocycles. The molecule has 0 spiro atoms. The van der Waals surface area contributed by atoms with E-state index in [9.17, 15) is 9.90 Å². The van der Waals surface area contributed by atoms with Crippen molar-refractivity contribution in [3.05, 3.63) is 64.7 Å². The highest BCUT2D eigenvalue weighted by Crippen LogP contribution is 2.39. The molecule has 2 N–H and O–H groups in total. The Bertz CT molecular complexity index is 902. The fourth-order valence-corrected chi connectivity index (χ4v) is 3.17. The molecule has 7 heteroatoms. The predicted octanol–water partition coefficient (Wildman–Crippen LogP) is 3.36. The molecular formula is C17H14ClN3O3. The molecule has 0 bridgehead atoms. The summed E-state index contributed by atoms with van der Waals surface area (Å²) in [6.45, 7) is 0.436. The average Bonchev–Trinajstić information content (AvgIpc) is 3.20. The number of halogens is 1. The van der Waals surface area contributed by atoms with Gasteiger partial charge in [0.25, 0.3) is 0 Å². The van der Waals surface area contributed by atoms with Gasteiger partial charge in [0.2, 0.25) is 5.91 Å². The highest BCUT2D eigenvalue weighted by Gasteiger charge is 2.30. The van der Waals surface area contributed by atoms with Crippen LogP contribution in [0.15, 0.2) is 47.2 Å². The summed E-state index contributed by atoms with van der Waals surface area (Å²) in [4.78, 5) is 12.2. The van der Waals surface area contributed by atoms with E-state index in [-0.39, 0.29) is 22.6 Å². The number of fused-ring (bicyclic) bond motifs is 1. The monoisotopic (exact) mass is 343 g/mol. The number of benzene rings is 1. The van der Waals surface area contributed by atoms with Crippen LogP contribution in [0.5, 0.6) is 5.75 Å². The number of rotatable bonds is 3. The number of furan rings is 1. The van der Waals surface area contributed by atoms with E-state index in [0.29, 0.717) is 18.8 Å². The van der Waals surface area contributed by atoms with Crippen molar-refractivity contribution < 1.29 is 14.3 Å². The maximum Gasteiger partial charge on any atom is 0.226 e. The number of aromatic nitrogens is 2. The SMILES string of the molecule is O=C1C[C@@H](c2ccc(O)c(Cl)c2)c2cnn(Cc3ccco3)c2N1. The van der Waals surface area contributed by atoms with Gasteiger partial charge in [-0.1, -0.05) is 17.7 Å². The second-order valence-electron chi connectivity index (χ2n) is 5.70. The molecule has 0 saturated heterocycles. The van der Waals surface area contributed by atoms with Crippen molar-refractivity contribution in [3.63, 3.8) is 0 Å². The van der Waals surface area contributed by atoms with Crippen molar-refractivity contribution in [1.82, 2.24) is 9.78 Å². The maximum atomic E-state index is 12.2. The summed E-state index contributed by atoms with van der Waals surface area (Å²) in [6.07, 6.45) is 3.66. The number of anilines is 1. The molecule has 2 aromatic heterocycles. The molecule has 0 unspecified atom stereocenters. The summed E-state index contributed by atoms with van der Waals surface area (Å²) in [5.41, 5.74) is 1.79. The number of carbonyl (C=O) groups excluding carboxylic acids is 1. The van der Waals surface area contributed by atoms with Gasteiger partial charge in [-0.15, -0.1) is 0 Å². The first-order chi connectivity index (χ1) is 11.6. The number of amides is 1. The molecule has 3 aromatic rings. The van der Waals surface area contributed by atoms with Crippen LogP contribution in [0, 0.1) is 0 Å². The summed E-state index contributed by atoms with van der Waals surface area (Å²) < 4.78 is 7.05. The molecule has 122 valence electrons. The van der Waals surface area contributed by atoms with E-state index in [4.69, 9.17) is 16.0 Å². The van der Waals surface area contributed by atoms with Crippen LogP contribution >= 0.6 is 11.6 Å². The number of nitrogens with zero attached hydrogens (tertiary/aromatic N) is 2. The topological polar surface area (TPSA) is 80.3 Å². The second-order valence-corrected chi connectivity index (χ2v) is 6.11. The minimum absolute atomic E-state index is 0.0226. The molecule has 24 heavy (non-hydrogen) atoms. The minimum Gasteiger partial charge on any atom is -0.506 e. The zero-order valence-electron chi connectivity index (χ0n) is 12.6. The van der Waals surface area contributed by atoms with Crippen LogP contribution in [0.1, 0.15) is 29.2 Å². The molecular weight excluding hydrogens is 330 g/mol. The molecule has 1 aliphatic rings. The van der Waals surface area contributed by atoms with Crippen molar-refractivity contribution in [2.24, 2.45) is 0 Å². The summed E-state index contributed by atoms with van der Waals surface area (Å²) >= 11 is 6.01. The predicted molar refractivity (Wildman–Crippen MR) is 88.2 cm³/mol. The zero-order chi connectivity index (χ0) is 16.7. The average molecular weight is 344 g/mol. The number of hydrogen-bond donors (Lipinski definition) is 2. The molecule has 1 amide bonds. The van der Waals surface area contributed by atoms with E-state index < -0.39 is 0 Å². The van der Waals surface area contributed by atoms with Crippen LogP contribution in [-0.4, -0.2) is 20.8 Å². The number of phenols is 1. The number of nitrogens with one attached hydrogen (secondary N) is 1. The number of carbonyl (C=O) groups is 1. The van der Waals surface area contributed by atoms with E-state index in [1.54, 1.807) is 29.3 Å². The van der Waals surface area contributed by atoms with Crippen LogP contribution in [0.25, 0.3) is 0 Å². The van der Waals surface area contributed by atoms with Gasteiger partial charge in [0.15, 0.2) is 0 Å². The quantitative estimate of drug-likeness (QED) is 0.764. The lowest BCUT2D eigenvalue weighted by Crippen LogP contribution is -2.25. The maximum absolute atomic E-state index is 12.2. The van der Waals surface area contributed by atoms with Gasteiger partial charge < -0.3 is 14.8 Å². The lowest BCUT2D eigenvalue weighted by atomic mass is 9.87. The Morgan fingerprint density at radius 2 is 2.29 bits per heavy atom. The molecule has 1 aliphatic heterocycles. The third kappa shape index (κ3) is 2.55. The molecule has 0 saturated carbocycles. The van der Waals surface area contributed by atoms with Gasteiger partial charge in [0.05, 0.1) is 17.5 Å². The Morgan fingerprint density at radius 1 is 1.42 bits per heavy atom. The van der Waals surface area contributed by atoms with Crippen molar-refractivity contribution in [1.29, 1.82) is 0 Å². The fourth-order valence-electron chi connectivity index (χ4n) is 2.98. The first-order valence-electron chi connectivity index (χ1n) is 7.48. The molecule has 1 atom stereocenters. The van der Waals surface area contributed by atoms with Gasteiger partial charge in [0, 0.05) is 17.9 Å². The van der Waals surface area contributed by atoms with E-state index in [1.807, 2.05) is 12.1 Å². The summed E-state index contributed by atoms with van der Waals surface area (Å²) in [6, 6.07) is 8.67. The Labute approximate surface area is 142 Å². The third-order valence-electron chi connectivity index (χ3n) is 4.15. The van der Waals surface area contributed by atoms with E-state index in [2.05, 4.69) is 10.4 Å². The van der Waals surface area contributed by atoms with Gasteiger partial charge in [-0.2, -0.15) is 5.10 Å². The van der Waals surface area contributed by atoms with Crippen molar-refractivity contribution >= 4 is 23.3 Å². The summed E-state index contributed by atoms with van der Waals surface area (Å²) in [5.74, 6) is 1.20. The van der Waals surface area contributed by atoms with E-state index in [1.165, 1.54) is 6.07 Å². The van der Waals surface area contributed by atoms with Gasteiger partial charge in [-0.05, 0) is 29.8 Å². The molecule has 6 nitrogen and oxygen atoms in total. The van der Waals surface area contributed by atoms with Gasteiger partial charge in [-0.3, -0.25) is 4.79 Å². The van der Waals surface area contributed by atoms with Crippen molar-refractivity contribution in [2.45, 2.75) is 18.9 Å². The molecule has 0 radical (unpaired) electrons. The van der Waals surface area contributed by atoms with Gasteiger partial charge in [0.1, 0.15) is 23.9 Å². The van der Waals surface area contributed by atoms with Gasteiger partial charge >= 0.3 is 0 Å². The molecule has 1 aromatic carbocycles. The Balaban J connectivity index is 1.73. The first-order valence-corrected chi connectivity index (χ1v) is 7.86. The first kappa shape index (κ1) is 14.8. The van der Waals surface area contributed by atoms with Crippen LogP contribution in [0.4, 0.5) is 5.82 Å². The minimum atomic E-state index is -0.155. The van der Waals surface area contributed by atoms with Crippen LogP contribution in [0.2, 0.25) is 5.02 Å². The second kappa shape index (κ2) is 5.72. The lowest BCUT2D eigenvalue weighted by Gasteiger charge is -2.24. The number of phenolic OH excluding ortho intramolecular Hbond substituents is 1. The number of aromatic hydroxyl groups is 1. The highest BCUT2D eigenvalue weighted by atomic mass is 35.5. The third-order valence-corrected chi connectivity index (χ3v) is 4.45. The van der Waals surface area contributed by atoms with Crippen molar-refractivity contribution in [3.8, 4) is 5.75 Å². The molecule has 0 fully saturated rings. The largest absolute Gasteiger partial charge is 0.506 e. The highest BCUT2D eigenvalue weighted by molar-refractivity contribution is 6.32. The standard InChI is InChI=1S/C17H14ClN3O3/c18-14-6-10(3-4-15(14)22)12-7-16(23)20-17-13(12)8-19-21(17)9-11-2-1-5-24-11/h1-6,8,12,22H,7,9H2,(H,20,23)/t12-/m0/s1. The van der Waals surface area contributed by atoms with Crippen LogP contribution in [0.3, 0.4) is 0 Å². The van der Waals surface area contributed by atoms with Crippen LogP contribution in [-0.2, 0) is 11.3 Å². The Morgan fingerprint density at radius 3 is 3.04 bits per heavy atom. The van der Waals surface area contributed by atoms with Gasteiger partial charge in [-0.25, -0.2) is 4.68 Å². The lowest BCUT2D eigenvalue weighted by molar-refractivity contribution is -0.116. The molecule has 4 rings (SSSR count). The summed E-state index contributed by atoms with van der Waals surface area (Å²) in [7, 11) is 0. The fraction of sp³-hybridized carbons (Fsp3) is 0.176. The Hall–Kier alpha value is -2.73.